The van der Waals surface area contributed by atoms with E-state index < -0.39 is 0 Å². The molecule has 0 N–H and O–H groups in total. The molecule has 9 aromatic carbocycles. The zero-order chi connectivity index (χ0) is 44.3. The van der Waals surface area contributed by atoms with Crippen molar-refractivity contribution in [2.24, 2.45) is 0 Å². The molecule has 2 nitrogen and oxygen atoms in total. The summed E-state index contributed by atoms with van der Waals surface area (Å²) in [6.07, 6.45) is 6.68. The van der Waals surface area contributed by atoms with Crippen molar-refractivity contribution in [1.29, 1.82) is 0 Å². The predicted octanol–water partition coefficient (Wildman–Crippen LogP) is 17.7. The maximum absolute atomic E-state index is 2.58. The zero-order valence-electron chi connectivity index (χ0n) is 38.4. The number of aromatic nitrogens is 1. The maximum Gasteiger partial charge on any atom is 0.0547 e. The molecule has 66 heavy (non-hydrogen) atoms. The Morgan fingerprint density at radius 1 is 0.424 bits per heavy atom. The standard InChI is InChI=1S/C64H54N2/c1-63(2)56-25-15-13-23-49(56)55-39-47(30-34-57(55)63)65(48-29-33-51-50-31-27-44(41-17-7-5-8-18-41)36-58(50)64(3,4)59(51)40-48)62-37-43-20-12-11-19-42(43)35-54(62)45-28-32-53-52-24-14-16-26-60(52)66(61(53)38-45)46-21-9-6-10-22-46/h6,9-16,19-41H,5,7-8,17-18H2,1-4H3. The summed E-state index contributed by atoms with van der Waals surface area (Å²) in [5.41, 5.74) is 21.8. The second-order valence-corrected chi connectivity index (χ2v) is 20.4. The molecule has 0 amide bonds. The molecule has 1 aromatic heterocycles. The fourth-order valence-electron chi connectivity index (χ4n) is 12.5. The molecule has 0 aliphatic heterocycles. The molecule has 320 valence electrons. The van der Waals surface area contributed by atoms with Gasteiger partial charge < -0.3 is 9.47 Å². The molecule has 0 bridgehead atoms. The lowest BCUT2D eigenvalue weighted by atomic mass is 9.79. The smallest absolute Gasteiger partial charge is 0.0547 e. The average molecular weight is 851 g/mol. The van der Waals surface area contributed by atoms with Crippen LogP contribution in [0.4, 0.5) is 17.1 Å². The lowest BCUT2D eigenvalue weighted by Gasteiger charge is -2.31. The van der Waals surface area contributed by atoms with Gasteiger partial charge in [0.1, 0.15) is 0 Å². The molecule has 13 rings (SSSR count). The number of anilines is 3. The van der Waals surface area contributed by atoms with Crippen LogP contribution in [0.5, 0.6) is 0 Å². The van der Waals surface area contributed by atoms with Gasteiger partial charge in [-0.2, -0.15) is 0 Å². The molecule has 1 fully saturated rings. The van der Waals surface area contributed by atoms with Crippen molar-refractivity contribution in [2.75, 3.05) is 4.90 Å². The van der Waals surface area contributed by atoms with Gasteiger partial charge in [0.15, 0.2) is 0 Å². The van der Waals surface area contributed by atoms with Crippen LogP contribution in [0.1, 0.15) is 93.5 Å². The lowest BCUT2D eigenvalue weighted by molar-refractivity contribution is 0.443. The second kappa shape index (κ2) is 14.7. The first-order valence-electron chi connectivity index (χ1n) is 24.2. The molecular formula is C64H54N2. The SMILES string of the molecule is CC1(C)c2ccccc2-c2cc(N(c3ccc4c(c3)C(C)(C)c3cc(C5CCCCC5)ccc3-4)c3cc4ccccc4cc3-c3ccc4c5ccccc5n(-c5ccccc5)c4c3)ccc21. The van der Waals surface area contributed by atoms with Crippen molar-refractivity contribution >= 4 is 49.6 Å². The minimum Gasteiger partial charge on any atom is -0.310 e. The molecule has 10 aromatic rings. The molecular weight excluding hydrogens is 797 g/mol. The fourth-order valence-corrected chi connectivity index (χ4v) is 12.5. The van der Waals surface area contributed by atoms with E-state index in [1.807, 2.05) is 0 Å². The van der Waals surface area contributed by atoms with Crippen LogP contribution < -0.4 is 4.90 Å². The Balaban J connectivity index is 1.05. The molecule has 3 aliphatic carbocycles. The van der Waals surface area contributed by atoms with E-state index in [4.69, 9.17) is 0 Å². The zero-order valence-corrected chi connectivity index (χ0v) is 38.4. The summed E-state index contributed by atoms with van der Waals surface area (Å²) in [6, 6.07) is 71.6. The third-order valence-corrected chi connectivity index (χ3v) is 15.9. The van der Waals surface area contributed by atoms with E-state index in [1.165, 1.54) is 132 Å². The van der Waals surface area contributed by atoms with Crippen LogP contribution in [0, 0.1) is 0 Å². The average Bonchev–Trinajstić information content (AvgIpc) is 3.90. The number of hydrogen-bond acceptors (Lipinski definition) is 1. The summed E-state index contributed by atoms with van der Waals surface area (Å²) in [6.45, 7) is 9.66. The van der Waals surface area contributed by atoms with E-state index in [0.717, 1.165) is 17.1 Å². The fraction of sp³-hybridized carbons (Fsp3) is 0.188. The molecule has 0 saturated heterocycles. The first kappa shape index (κ1) is 39.2. The number of fused-ring (bicyclic) bond motifs is 10. The minimum atomic E-state index is -0.153. The van der Waals surface area contributed by atoms with Crippen LogP contribution >= 0.6 is 0 Å². The van der Waals surface area contributed by atoms with Crippen LogP contribution in [0.2, 0.25) is 0 Å². The number of hydrogen-bond donors (Lipinski definition) is 0. The van der Waals surface area contributed by atoms with Gasteiger partial charge in [-0.3, -0.25) is 0 Å². The summed E-state index contributed by atoms with van der Waals surface area (Å²) in [5, 5.41) is 4.96. The van der Waals surface area contributed by atoms with Gasteiger partial charge in [0.2, 0.25) is 0 Å². The molecule has 0 radical (unpaired) electrons. The minimum absolute atomic E-state index is 0.0874. The van der Waals surface area contributed by atoms with Gasteiger partial charge in [0.05, 0.1) is 16.7 Å². The van der Waals surface area contributed by atoms with Gasteiger partial charge >= 0.3 is 0 Å². The van der Waals surface area contributed by atoms with Crippen LogP contribution in [-0.2, 0) is 10.8 Å². The van der Waals surface area contributed by atoms with E-state index >= 15 is 0 Å². The van der Waals surface area contributed by atoms with Crippen LogP contribution in [0.3, 0.4) is 0 Å². The van der Waals surface area contributed by atoms with Crippen molar-refractivity contribution < 1.29 is 0 Å². The Bertz CT molecular complexity index is 3580. The molecule has 0 unspecified atom stereocenters. The molecule has 2 heteroatoms. The third-order valence-electron chi connectivity index (χ3n) is 15.9. The number of rotatable bonds is 6. The second-order valence-electron chi connectivity index (χ2n) is 20.4. The van der Waals surface area contributed by atoms with Gasteiger partial charge in [-0.25, -0.2) is 0 Å². The lowest BCUT2D eigenvalue weighted by Crippen LogP contribution is -2.18. The quantitative estimate of drug-likeness (QED) is 0.162. The van der Waals surface area contributed by atoms with Gasteiger partial charge in [-0.1, -0.05) is 174 Å². The molecule has 1 saturated carbocycles. The first-order valence-corrected chi connectivity index (χ1v) is 24.2. The highest BCUT2D eigenvalue weighted by atomic mass is 15.1. The Morgan fingerprint density at radius 3 is 1.88 bits per heavy atom. The van der Waals surface area contributed by atoms with Crippen molar-refractivity contribution in [3.63, 3.8) is 0 Å². The first-order chi connectivity index (χ1) is 32.2. The molecule has 3 aliphatic rings. The number of nitrogens with zero attached hydrogens (tertiary/aromatic N) is 2. The summed E-state index contributed by atoms with van der Waals surface area (Å²) in [7, 11) is 0. The van der Waals surface area contributed by atoms with Crippen molar-refractivity contribution in [3.8, 4) is 39.1 Å². The number of benzene rings is 9. The highest BCUT2D eigenvalue weighted by Gasteiger charge is 2.38. The van der Waals surface area contributed by atoms with Crippen molar-refractivity contribution in [3.05, 3.63) is 216 Å². The Morgan fingerprint density at radius 2 is 1.05 bits per heavy atom. The largest absolute Gasteiger partial charge is 0.310 e. The van der Waals surface area contributed by atoms with E-state index in [-0.39, 0.29) is 10.8 Å². The number of para-hydroxylation sites is 2. The van der Waals surface area contributed by atoms with Crippen LogP contribution in [0.25, 0.3) is 71.6 Å². The van der Waals surface area contributed by atoms with Crippen LogP contribution in [-0.4, -0.2) is 4.57 Å². The van der Waals surface area contributed by atoms with Crippen molar-refractivity contribution in [1.82, 2.24) is 4.57 Å². The van der Waals surface area contributed by atoms with E-state index in [0.29, 0.717) is 5.92 Å². The van der Waals surface area contributed by atoms with Crippen LogP contribution in [0.15, 0.2) is 188 Å². The molecule has 0 spiro atoms. The Labute approximate surface area is 388 Å². The molecule has 1 heterocycles. The van der Waals surface area contributed by atoms with Crippen molar-refractivity contribution in [2.45, 2.75) is 76.5 Å². The normalized spacial score (nSPS) is 15.8. The third kappa shape index (κ3) is 5.86. The topological polar surface area (TPSA) is 8.17 Å². The molecule has 0 atom stereocenters. The van der Waals surface area contributed by atoms with Gasteiger partial charge in [-0.05, 0) is 146 Å². The summed E-state index contributed by atoms with van der Waals surface area (Å²) in [4.78, 5) is 2.57. The summed E-state index contributed by atoms with van der Waals surface area (Å²) in [5.74, 6) is 0.670. The summed E-state index contributed by atoms with van der Waals surface area (Å²) >= 11 is 0. The van der Waals surface area contributed by atoms with E-state index in [2.05, 4.69) is 225 Å². The van der Waals surface area contributed by atoms with Gasteiger partial charge in [0.25, 0.3) is 0 Å². The van der Waals surface area contributed by atoms with Gasteiger partial charge in [-0.15, -0.1) is 0 Å². The highest BCUT2D eigenvalue weighted by molar-refractivity contribution is 6.11. The van der Waals surface area contributed by atoms with Gasteiger partial charge in [0, 0.05) is 44.2 Å². The summed E-state index contributed by atoms with van der Waals surface area (Å²) < 4.78 is 2.44. The Hall–Kier alpha value is -7.16. The monoisotopic (exact) mass is 850 g/mol. The predicted molar refractivity (Wildman–Crippen MR) is 279 cm³/mol. The maximum atomic E-state index is 2.58. The van der Waals surface area contributed by atoms with E-state index in [1.54, 1.807) is 0 Å². The Kier molecular flexibility index (Phi) is 8.72. The highest BCUT2D eigenvalue weighted by Crippen LogP contribution is 2.55. The van der Waals surface area contributed by atoms with E-state index in [9.17, 15) is 0 Å².